The topological polar surface area (TPSA) is 81.1 Å². The lowest BCUT2D eigenvalue weighted by atomic mass is 9.94. The third-order valence-corrected chi connectivity index (χ3v) is 9.45. The number of nitrogens with zero attached hydrogens (tertiary/aromatic N) is 4. The molecule has 1 aliphatic rings. The first-order valence-electron chi connectivity index (χ1n) is 17.1. The molecule has 10 heteroatoms. The van der Waals surface area contributed by atoms with Gasteiger partial charge in [-0.25, -0.2) is 9.37 Å². The predicted molar refractivity (Wildman–Crippen MR) is 189 cm³/mol. The number of carbonyl (C=O) groups is 1. The summed E-state index contributed by atoms with van der Waals surface area (Å²) in [5, 5.41) is 3.78. The number of amides is 1. The second kappa shape index (κ2) is 16.7. The molecule has 258 valence electrons. The van der Waals surface area contributed by atoms with Gasteiger partial charge in [-0.1, -0.05) is 44.0 Å². The van der Waals surface area contributed by atoms with Gasteiger partial charge < -0.3 is 33.9 Å². The summed E-state index contributed by atoms with van der Waals surface area (Å²) in [5.41, 5.74) is 3.68. The van der Waals surface area contributed by atoms with Crippen molar-refractivity contribution in [2.24, 2.45) is 0 Å². The molecular weight excluding hydrogens is 609 g/mol. The fraction of sp³-hybridized carbons (Fsp3) is 0.474. The zero-order valence-electron chi connectivity index (χ0n) is 29.0. The van der Waals surface area contributed by atoms with Crippen molar-refractivity contribution in [2.45, 2.75) is 64.0 Å². The van der Waals surface area contributed by atoms with Crippen molar-refractivity contribution in [2.75, 3.05) is 59.9 Å². The molecule has 0 spiro atoms. The minimum Gasteiger partial charge on any atom is -0.493 e. The summed E-state index contributed by atoms with van der Waals surface area (Å²) < 4.78 is 32.6. The van der Waals surface area contributed by atoms with E-state index in [1.807, 2.05) is 18.2 Å². The Kier molecular flexibility index (Phi) is 12.2. The van der Waals surface area contributed by atoms with Gasteiger partial charge in [0.05, 0.1) is 32.4 Å². The monoisotopic (exact) mass is 659 g/mol. The van der Waals surface area contributed by atoms with Crippen LogP contribution in [0.4, 0.5) is 10.3 Å². The Morgan fingerprint density at radius 3 is 2.31 bits per heavy atom. The third-order valence-electron chi connectivity index (χ3n) is 9.45. The minimum atomic E-state index is -0.271. The lowest BCUT2D eigenvalue weighted by Gasteiger charge is -2.34. The first-order valence-corrected chi connectivity index (χ1v) is 17.1. The van der Waals surface area contributed by atoms with Crippen LogP contribution in [0.3, 0.4) is 0 Å². The number of benzene rings is 3. The van der Waals surface area contributed by atoms with Crippen molar-refractivity contribution in [3.63, 3.8) is 0 Å². The van der Waals surface area contributed by atoms with Crippen molar-refractivity contribution < 1.29 is 23.4 Å². The number of unbranched alkanes of at least 4 members (excludes halogenated alkanes) is 2. The summed E-state index contributed by atoms with van der Waals surface area (Å²) in [7, 11) is 6.40. The number of likely N-dealkylation sites (tertiary alicyclic amines) is 1. The molecule has 1 saturated heterocycles. The number of halogens is 1. The smallest absolute Gasteiger partial charge is 0.253 e. The number of hydrogen-bond donors (Lipinski definition) is 1. The Hall–Kier alpha value is -4.31. The molecule has 1 unspecified atom stereocenters. The van der Waals surface area contributed by atoms with Gasteiger partial charge in [0.15, 0.2) is 11.5 Å². The van der Waals surface area contributed by atoms with E-state index in [1.165, 1.54) is 51.8 Å². The lowest BCUT2D eigenvalue weighted by molar-refractivity contribution is 0.0781. The molecule has 5 rings (SSSR count). The van der Waals surface area contributed by atoms with E-state index in [4.69, 9.17) is 19.2 Å². The van der Waals surface area contributed by atoms with Crippen LogP contribution in [0.15, 0.2) is 60.7 Å². The summed E-state index contributed by atoms with van der Waals surface area (Å²) in [4.78, 5) is 22.8. The average molecular weight is 660 g/mol. The molecule has 2 heterocycles. The number of anilines is 1. The highest BCUT2D eigenvalue weighted by molar-refractivity contribution is 5.95. The summed E-state index contributed by atoms with van der Waals surface area (Å²) in [5.74, 6) is 1.86. The van der Waals surface area contributed by atoms with Crippen molar-refractivity contribution in [1.29, 1.82) is 0 Å². The largest absolute Gasteiger partial charge is 0.493 e. The number of nitrogens with one attached hydrogen (secondary N) is 1. The average Bonchev–Trinajstić information content (AvgIpc) is 3.46. The number of rotatable bonds is 16. The summed E-state index contributed by atoms with van der Waals surface area (Å²) in [6.45, 7) is 6.52. The van der Waals surface area contributed by atoms with Crippen molar-refractivity contribution in [1.82, 2.24) is 19.4 Å². The quantitative estimate of drug-likeness (QED) is 0.127. The van der Waals surface area contributed by atoms with Crippen LogP contribution in [0.1, 0.15) is 67.3 Å². The number of para-hydroxylation sites is 2. The van der Waals surface area contributed by atoms with Gasteiger partial charge in [0.2, 0.25) is 11.7 Å². The predicted octanol–water partition coefficient (Wildman–Crippen LogP) is 7.21. The van der Waals surface area contributed by atoms with E-state index in [1.54, 1.807) is 24.1 Å². The van der Waals surface area contributed by atoms with E-state index in [0.717, 1.165) is 68.9 Å². The Bertz CT molecular complexity index is 1610. The third kappa shape index (κ3) is 8.39. The highest BCUT2D eigenvalue weighted by Gasteiger charge is 2.25. The van der Waals surface area contributed by atoms with E-state index in [2.05, 4.69) is 39.9 Å². The van der Waals surface area contributed by atoms with Crippen LogP contribution < -0.4 is 19.5 Å². The highest BCUT2D eigenvalue weighted by Crippen LogP contribution is 2.38. The van der Waals surface area contributed by atoms with Crippen LogP contribution in [0.5, 0.6) is 17.2 Å². The molecule has 1 aromatic heterocycles. The van der Waals surface area contributed by atoms with Gasteiger partial charge in [0.1, 0.15) is 5.82 Å². The number of aromatic nitrogens is 2. The molecule has 0 radical (unpaired) electrons. The normalized spacial score (nSPS) is 14.5. The second-order valence-electron chi connectivity index (χ2n) is 12.7. The Balaban J connectivity index is 1.22. The van der Waals surface area contributed by atoms with Gasteiger partial charge in [-0.2, -0.15) is 0 Å². The number of ether oxygens (including phenoxy) is 3. The molecule has 1 amide bonds. The molecule has 1 atom stereocenters. The van der Waals surface area contributed by atoms with Crippen LogP contribution in [-0.4, -0.2) is 85.9 Å². The van der Waals surface area contributed by atoms with Gasteiger partial charge in [0, 0.05) is 50.7 Å². The number of imidazole rings is 1. The summed E-state index contributed by atoms with van der Waals surface area (Å²) >= 11 is 0. The number of carbonyl (C=O) groups excluding carboxylic acids is 1. The molecular formula is C38H50FN5O4. The maximum Gasteiger partial charge on any atom is 0.253 e. The molecule has 0 saturated carbocycles. The number of hydrogen-bond acceptors (Lipinski definition) is 7. The van der Waals surface area contributed by atoms with Crippen molar-refractivity contribution in [3.8, 4) is 17.2 Å². The van der Waals surface area contributed by atoms with E-state index < -0.39 is 0 Å². The van der Waals surface area contributed by atoms with Crippen LogP contribution in [0, 0.1) is 5.82 Å². The molecule has 3 aromatic carbocycles. The zero-order valence-corrected chi connectivity index (χ0v) is 29.0. The Morgan fingerprint density at radius 2 is 1.67 bits per heavy atom. The Morgan fingerprint density at radius 1 is 0.979 bits per heavy atom. The van der Waals surface area contributed by atoms with Gasteiger partial charge in [-0.3, -0.25) is 4.79 Å². The number of fused-ring (bicyclic) bond motifs is 1. The molecule has 48 heavy (non-hydrogen) atoms. The SMILES string of the molecule is CCCCCn1c(NC2CCN(CCC(CN(C)C(=O)c3cc(OC)c(OC)c(OC)c3)c3ccc(F)cc3)CC2)nc2ccccc21. The minimum absolute atomic E-state index is 0.0282. The number of methoxy groups -OCH3 is 3. The van der Waals surface area contributed by atoms with Crippen molar-refractivity contribution >= 4 is 22.9 Å². The molecule has 0 aliphatic carbocycles. The molecule has 9 nitrogen and oxygen atoms in total. The van der Waals surface area contributed by atoms with E-state index in [9.17, 15) is 9.18 Å². The highest BCUT2D eigenvalue weighted by atomic mass is 19.1. The standard InChI is InChI=1S/C38H50FN5O4/c1-6-7-10-20-44-33-12-9-8-11-32(33)41-38(44)40-31-18-22-43(23-19-31)21-17-28(27-13-15-30(39)16-14-27)26-42(2)37(45)29-24-34(46-3)36(48-5)35(25-29)47-4/h8-9,11-16,24-25,28,31H,6-7,10,17-23,26H2,1-5H3,(H,40,41). The van der Waals surface area contributed by atoms with Crippen LogP contribution in [0.25, 0.3) is 11.0 Å². The Labute approximate surface area is 284 Å². The van der Waals surface area contributed by atoms with Gasteiger partial charge >= 0.3 is 0 Å². The molecule has 4 aromatic rings. The maximum absolute atomic E-state index is 13.9. The fourth-order valence-corrected chi connectivity index (χ4v) is 6.69. The van der Waals surface area contributed by atoms with E-state index in [0.29, 0.717) is 35.4 Å². The van der Waals surface area contributed by atoms with Crippen LogP contribution >= 0.6 is 0 Å². The van der Waals surface area contributed by atoms with Crippen LogP contribution in [0.2, 0.25) is 0 Å². The fourth-order valence-electron chi connectivity index (χ4n) is 6.69. The number of piperidine rings is 1. The number of likely N-dealkylation sites (N-methyl/N-ethyl adjacent to an activating group) is 1. The van der Waals surface area contributed by atoms with Crippen molar-refractivity contribution in [3.05, 3.63) is 77.6 Å². The molecule has 1 fully saturated rings. The van der Waals surface area contributed by atoms with E-state index >= 15 is 0 Å². The van der Waals surface area contributed by atoms with Gasteiger partial charge in [0.25, 0.3) is 5.91 Å². The van der Waals surface area contributed by atoms with Gasteiger partial charge in [-0.15, -0.1) is 0 Å². The zero-order chi connectivity index (χ0) is 34.0. The molecule has 1 N–H and O–H groups in total. The maximum atomic E-state index is 13.9. The second-order valence-corrected chi connectivity index (χ2v) is 12.7. The van der Waals surface area contributed by atoms with Gasteiger partial charge in [-0.05, 0) is 74.2 Å². The summed E-state index contributed by atoms with van der Waals surface area (Å²) in [6, 6.07) is 18.8. The van der Waals surface area contributed by atoms with Crippen LogP contribution in [-0.2, 0) is 6.54 Å². The first kappa shape index (κ1) is 35.0. The first-order chi connectivity index (χ1) is 23.3. The lowest BCUT2D eigenvalue weighted by Crippen LogP contribution is -2.40. The summed E-state index contributed by atoms with van der Waals surface area (Å²) in [6.07, 6.45) is 6.43. The molecule has 0 bridgehead atoms. The van der Waals surface area contributed by atoms with E-state index in [-0.39, 0.29) is 17.6 Å². The molecule has 1 aliphatic heterocycles. The number of aryl methyl sites for hydroxylation is 1.